The number of rotatable bonds is 4. The molecule has 2 nitrogen and oxygen atoms in total. The minimum atomic E-state index is 0.514. The molecule has 2 rings (SSSR count). The van der Waals surface area contributed by atoms with Crippen molar-refractivity contribution in [1.29, 1.82) is 0 Å². The van der Waals surface area contributed by atoms with E-state index in [4.69, 9.17) is 44.3 Å². The van der Waals surface area contributed by atoms with E-state index in [1.165, 1.54) is 0 Å². The fourth-order valence-corrected chi connectivity index (χ4v) is 2.61. The van der Waals surface area contributed by atoms with Crippen molar-refractivity contribution >= 4 is 47.0 Å². The minimum Gasteiger partial charge on any atom is -0.497 e. The summed E-state index contributed by atoms with van der Waals surface area (Å²) in [5.41, 5.74) is 1.56. The van der Waals surface area contributed by atoms with E-state index in [1.807, 2.05) is 24.3 Å². The van der Waals surface area contributed by atoms with Gasteiger partial charge >= 0.3 is 0 Å². The second-order valence-corrected chi connectivity index (χ2v) is 5.45. The highest BCUT2D eigenvalue weighted by Crippen LogP contribution is 2.32. The zero-order valence-electron chi connectivity index (χ0n) is 11.5. The average molecular weight is 344 g/mol. The Balaban J connectivity index is 2.33. The van der Waals surface area contributed by atoms with Crippen LogP contribution in [-0.4, -0.2) is 14.2 Å². The van der Waals surface area contributed by atoms with Crippen molar-refractivity contribution in [2.45, 2.75) is 0 Å². The Morgan fingerprint density at radius 1 is 0.762 bits per heavy atom. The molecule has 0 spiro atoms. The maximum atomic E-state index is 6.20. The molecule has 0 saturated heterocycles. The van der Waals surface area contributed by atoms with Crippen LogP contribution in [0.4, 0.5) is 0 Å². The van der Waals surface area contributed by atoms with Gasteiger partial charge in [-0.1, -0.05) is 47.0 Å². The van der Waals surface area contributed by atoms with E-state index in [9.17, 15) is 0 Å². The quantitative estimate of drug-likeness (QED) is 0.650. The molecule has 0 bridgehead atoms. The molecule has 21 heavy (non-hydrogen) atoms. The molecule has 5 heteroatoms. The van der Waals surface area contributed by atoms with E-state index in [-0.39, 0.29) is 0 Å². The second-order valence-electron chi connectivity index (χ2n) is 4.23. The molecule has 0 atom stereocenters. The van der Waals surface area contributed by atoms with Crippen LogP contribution >= 0.6 is 34.8 Å². The topological polar surface area (TPSA) is 18.5 Å². The molecule has 0 heterocycles. The Hall–Kier alpha value is -1.35. The molecule has 0 amide bonds. The number of hydrogen-bond acceptors (Lipinski definition) is 2. The Morgan fingerprint density at radius 2 is 1.33 bits per heavy atom. The third-order valence-electron chi connectivity index (χ3n) is 2.93. The van der Waals surface area contributed by atoms with E-state index in [0.717, 1.165) is 5.56 Å². The van der Waals surface area contributed by atoms with Gasteiger partial charge in [0.1, 0.15) is 11.5 Å². The van der Waals surface area contributed by atoms with E-state index >= 15 is 0 Å². The lowest BCUT2D eigenvalue weighted by Gasteiger charge is -2.06. The Bertz CT molecular complexity index is 658. The third-order valence-corrected chi connectivity index (χ3v) is 3.88. The normalized spacial score (nSPS) is 10.9. The third kappa shape index (κ3) is 3.85. The van der Waals surface area contributed by atoms with Gasteiger partial charge in [-0.05, 0) is 35.9 Å². The van der Waals surface area contributed by atoms with Crippen molar-refractivity contribution in [2.24, 2.45) is 0 Å². The van der Waals surface area contributed by atoms with Crippen molar-refractivity contribution in [2.75, 3.05) is 14.2 Å². The van der Waals surface area contributed by atoms with Gasteiger partial charge in [-0.15, -0.1) is 0 Å². The molecular weight excluding hydrogens is 331 g/mol. The first-order chi connectivity index (χ1) is 10.0. The molecule has 0 aliphatic heterocycles. The van der Waals surface area contributed by atoms with Gasteiger partial charge < -0.3 is 9.47 Å². The van der Waals surface area contributed by atoms with Crippen LogP contribution < -0.4 is 9.47 Å². The first-order valence-electron chi connectivity index (χ1n) is 6.10. The maximum Gasteiger partial charge on any atom is 0.121 e. The summed E-state index contributed by atoms with van der Waals surface area (Å²) >= 11 is 18.6. The summed E-state index contributed by atoms with van der Waals surface area (Å²) in [4.78, 5) is 0. The van der Waals surface area contributed by atoms with Crippen molar-refractivity contribution in [3.8, 4) is 11.5 Å². The predicted molar refractivity (Wildman–Crippen MR) is 89.9 cm³/mol. The van der Waals surface area contributed by atoms with Crippen LogP contribution in [0.15, 0.2) is 30.3 Å². The van der Waals surface area contributed by atoms with Gasteiger partial charge in [-0.3, -0.25) is 0 Å². The van der Waals surface area contributed by atoms with Gasteiger partial charge in [-0.25, -0.2) is 0 Å². The van der Waals surface area contributed by atoms with Gasteiger partial charge in [0.25, 0.3) is 0 Å². The Kier molecular flexibility index (Phi) is 5.40. The van der Waals surface area contributed by atoms with E-state index < -0.39 is 0 Å². The maximum absolute atomic E-state index is 6.20. The summed E-state index contributed by atoms with van der Waals surface area (Å²) in [7, 11) is 3.16. The van der Waals surface area contributed by atoms with Gasteiger partial charge in [0, 0.05) is 5.56 Å². The molecule has 0 unspecified atom stereocenters. The molecule has 0 N–H and O–H groups in total. The largest absolute Gasteiger partial charge is 0.497 e. The standard InChI is InChI=1S/C16H13Cl3O2/c1-20-11-5-3-10(14(17)7-11)4-6-13-15(18)8-12(21-2)9-16(13)19/h3-9H,1-2H3/b6-4+. The average Bonchev–Trinajstić information content (AvgIpc) is 2.47. The molecule has 2 aromatic carbocycles. The highest BCUT2D eigenvalue weighted by molar-refractivity contribution is 6.37. The van der Waals surface area contributed by atoms with Crippen LogP contribution in [0, 0.1) is 0 Å². The van der Waals surface area contributed by atoms with Gasteiger partial charge in [0.2, 0.25) is 0 Å². The van der Waals surface area contributed by atoms with Crippen LogP contribution in [-0.2, 0) is 0 Å². The Morgan fingerprint density at radius 3 is 1.86 bits per heavy atom. The molecule has 0 aliphatic carbocycles. The van der Waals surface area contributed by atoms with E-state index in [2.05, 4.69) is 0 Å². The molecule has 110 valence electrons. The number of halogens is 3. The molecule has 0 saturated carbocycles. The lowest BCUT2D eigenvalue weighted by atomic mass is 10.1. The van der Waals surface area contributed by atoms with Gasteiger partial charge in [-0.2, -0.15) is 0 Å². The first-order valence-corrected chi connectivity index (χ1v) is 7.23. The fourth-order valence-electron chi connectivity index (χ4n) is 1.78. The summed E-state index contributed by atoms with van der Waals surface area (Å²) in [5, 5.41) is 1.62. The zero-order valence-corrected chi connectivity index (χ0v) is 13.8. The highest BCUT2D eigenvalue weighted by Gasteiger charge is 2.06. The van der Waals surface area contributed by atoms with Crippen molar-refractivity contribution in [1.82, 2.24) is 0 Å². The number of benzene rings is 2. The van der Waals surface area contributed by atoms with E-state index in [0.29, 0.717) is 32.1 Å². The SMILES string of the molecule is COc1ccc(/C=C/c2c(Cl)cc(OC)cc2Cl)c(Cl)c1. The molecule has 0 aromatic heterocycles. The first kappa shape index (κ1) is 16.0. The van der Waals surface area contributed by atoms with Crippen molar-refractivity contribution in [3.05, 3.63) is 56.5 Å². The van der Waals surface area contributed by atoms with Crippen molar-refractivity contribution in [3.63, 3.8) is 0 Å². The van der Waals surface area contributed by atoms with Crippen molar-refractivity contribution < 1.29 is 9.47 Å². The van der Waals surface area contributed by atoms with Crippen LogP contribution in [0.5, 0.6) is 11.5 Å². The number of ether oxygens (including phenoxy) is 2. The van der Waals surface area contributed by atoms with Gasteiger partial charge in [0.05, 0.1) is 29.3 Å². The molecule has 0 radical (unpaired) electrons. The van der Waals surface area contributed by atoms with E-state index in [1.54, 1.807) is 32.4 Å². The van der Waals surface area contributed by atoms with Crippen LogP contribution in [0.25, 0.3) is 12.2 Å². The second kappa shape index (κ2) is 7.08. The smallest absolute Gasteiger partial charge is 0.121 e. The predicted octanol–water partition coefficient (Wildman–Crippen LogP) is 5.83. The summed E-state index contributed by atoms with van der Waals surface area (Å²) in [6, 6.07) is 8.87. The zero-order chi connectivity index (χ0) is 15.4. The lowest BCUT2D eigenvalue weighted by Crippen LogP contribution is -1.86. The summed E-state index contributed by atoms with van der Waals surface area (Å²) in [5.74, 6) is 1.32. The summed E-state index contributed by atoms with van der Waals surface area (Å²) in [6.45, 7) is 0. The molecule has 0 aliphatic rings. The molecule has 0 fully saturated rings. The number of hydrogen-bond donors (Lipinski definition) is 0. The fraction of sp³-hybridized carbons (Fsp3) is 0.125. The molecular formula is C16H13Cl3O2. The lowest BCUT2D eigenvalue weighted by molar-refractivity contribution is 0.414. The van der Waals surface area contributed by atoms with Crippen LogP contribution in [0.3, 0.4) is 0 Å². The monoisotopic (exact) mass is 342 g/mol. The summed E-state index contributed by atoms with van der Waals surface area (Å²) < 4.78 is 10.2. The van der Waals surface area contributed by atoms with Gasteiger partial charge in [0.15, 0.2) is 0 Å². The minimum absolute atomic E-state index is 0.514. The van der Waals surface area contributed by atoms with Crippen LogP contribution in [0.1, 0.15) is 11.1 Å². The van der Waals surface area contributed by atoms with Crippen LogP contribution in [0.2, 0.25) is 15.1 Å². The summed E-state index contributed by atoms with van der Waals surface area (Å²) in [6.07, 6.45) is 3.67. The molecule has 2 aromatic rings. The number of methoxy groups -OCH3 is 2. The highest BCUT2D eigenvalue weighted by atomic mass is 35.5. The Labute approximate surface area is 138 Å².